The topological polar surface area (TPSA) is 37.3 Å². The summed E-state index contributed by atoms with van der Waals surface area (Å²) in [5.41, 5.74) is 1.16. The van der Waals surface area contributed by atoms with Crippen LogP contribution in [0, 0.1) is 11.8 Å². The summed E-state index contributed by atoms with van der Waals surface area (Å²) in [6.07, 6.45) is 0.201. The van der Waals surface area contributed by atoms with Gasteiger partial charge in [0.05, 0.1) is 6.10 Å². The minimum absolute atomic E-state index is 0.0146. The van der Waals surface area contributed by atoms with Crippen LogP contribution in [0.4, 0.5) is 0 Å². The summed E-state index contributed by atoms with van der Waals surface area (Å²) in [4.78, 5) is 12.0. The molecule has 0 radical (unpaired) electrons. The van der Waals surface area contributed by atoms with E-state index in [0.29, 0.717) is 6.42 Å². The minimum Gasteiger partial charge on any atom is -0.392 e. The van der Waals surface area contributed by atoms with Gasteiger partial charge in [0.2, 0.25) is 0 Å². The zero-order valence-corrected chi connectivity index (χ0v) is 9.76. The molecule has 86 valence electrons. The SMILES string of the molecule is C[C@@H]1C(=O)[C@@H](C)[C@H](c2ccccc2)C[C@H]1O. The molecule has 0 aromatic heterocycles. The van der Waals surface area contributed by atoms with E-state index in [2.05, 4.69) is 0 Å². The van der Waals surface area contributed by atoms with Crippen molar-refractivity contribution in [3.63, 3.8) is 0 Å². The molecule has 1 saturated carbocycles. The van der Waals surface area contributed by atoms with Gasteiger partial charge in [-0.1, -0.05) is 44.2 Å². The molecule has 2 heteroatoms. The van der Waals surface area contributed by atoms with Crippen LogP contribution in [-0.2, 0) is 4.79 Å². The van der Waals surface area contributed by atoms with Crippen molar-refractivity contribution in [2.24, 2.45) is 11.8 Å². The van der Waals surface area contributed by atoms with Crippen LogP contribution < -0.4 is 0 Å². The summed E-state index contributed by atoms with van der Waals surface area (Å²) >= 11 is 0. The molecule has 0 saturated heterocycles. The van der Waals surface area contributed by atoms with Gasteiger partial charge >= 0.3 is 0 Å². The van der Waals surface area contributed by atoms with Gasteiger partial charge in [0.1, 0.15) is 5.78 Å². The van der Waals surface area contributed by atoms with Gasteiger partial charge < -0.3 is 5.11 Å². The highest BCUT2D eigenvalue weighted by Gasteiger charge is 2.38. The largest absolute Gasteiger partial charge is 0.392 e. The van der Waals surface area contributed by atoms with Crippen LogP contribution in [0.5, 0.6) is 0 Å². The Hall–Kier alpha value is -1.15. The monoisotopic (exact) mass is 218 g/mol. The van der Waals surface area contributed by atoms with Crippen LogP contribution in [0.25, 0.3) is 0 Å². The molecule has 0 spiro atoms. The number of carbonyl (C=O) groups is 1. The average molecular weight is 218 g/mol. The van der Waals surface area contributed by atoms with E-state index >= 15 is 0 Å². The summed E-state index contributed by atoms with van der Waals surface area (Å²) in [5, 5.41) is 9.88. The van der Waals surface area contributed by atoms with E-state index in [4.69, 9.17) is 0 Å². The van der Waals surface area contributed by atoms with Gasteiger partial charge in [-0.25, -0.2) is 0 Å². The Morgan fingerprint density at radius 1 is 1.12 bits per heavy atom. The molecular weight excluding hydrogens is 200 g/mol. The van der Waals surface area contributed by atoms with E-state index in [0.717, 1.165) is 5.56 Å². The number of hydrogen-bond donors (Lipinski definition) is 1. The van der Waals surface area contributed by atoms with Gasteiger partial charge in [0.25, 0.3) is 0 Å². The molecule has 0 amide bonds. The first-order valence-electron chi connectivity index (χ1n) is 5.88. The van der Waals surface area contributed by atoms with Crippen molar-refractivity contribution in [3.8, 4) is 0 Å². The van der Waals surface area contributed by atoms with Crippen molar-refractivity contribution in [1.29, 1.82) is 0 Å². The number of benzene rings is 1. The Balaban J connectivity index is 2.26. The second kappa shape index (κ2) is 4.38. The number of rotatable bonds is 1. The molecule has 0 heterocycles. The lowest BCUT2D eigenvalue weighted by atomic mass is 9.70. The van der Waals surface area contributed by atoms with E-state index < -0.39 is 6.10 Å². The number of hydrogen-bond acceptors (Lipinski definition) is 2. The fraction of sp³-hybridized carbons (Fsp3) is 0.500. The second-order valence-electron chi connectivity index (χ2n) is 4.80. The molecule has 1 aromatic carbocycles. The van der Waals surface area contributed by atoms with Crippen molar-refractivity contribution >= 4 is 5.78 Å². The first-order chi connectivity index (χ1) is 7.61. The predicted octanol–water partition coefficient (Wildman–Crippen LogP) is 2.38. The second-order valence-corrected chi connectivity index (χ2v) is 4.80. The molecule has 2 nitrogen and oxygen atoms in total. The Bertz CT molecular complexity index is 372. The third-order valence-electron chi connectivity index (χ3n) is 3.80. The van der Waals surface area contributed by atoms with Crippen LogP contribution in [-0.4, -0.2) is 17.0 Å². The Labute approximate surface area is 96.3 Å². The van der Waals surface area contributed by atoms with E-state index in [-0.39, 0.29) is 23.5 Å². The van der Waals surface area contributed by atoms with E-state index in [1.165, 1.54) is 0 Å². The van der Waals surface area contributed by atoms with Crippen LogP contribution in [0.3, 0.4) is 0 Å². The number of Topliss-reactive ketones (excluding diaryl/α,β-unsaturated/α-hetero) is 1. The first-order valence-corrected chi connectivity index (χ1v) is 5.88. The molecule has 0 unspecified atom stereocenters. The van der Waals surface area contributed by atoms with E-state index in [1.807, 2.05) is 44.2 Å². The maximum atomic E-state index is 12.0. The van der Waals surface area contributed by atoms with Gasteiger partial charge in [-0.3, -0.25) is 4.79 Å². The van der Waals surface area contributed by atoms with E-state index in [9.17, 15) is 9.90 Å². The lowest BCUT2D eigenvalue weighted by molar-refractivity contribution is -0.134. The standard InChI is InChI=1S/C14H18O2/c1-9-12(11-6-4-3-5-7-11)8-13(15)10(2)14(9)16/h3-7,9-10,12-13,15H,8H2,1-2H3/t9-,10-,12+,13+/m0/s1. The Morgan fingerprint density at radius 2 is 1.75 bits per heavy atom. The molecule has 1 fully saturated rings. The maximum Gasteiger partial charge on any atom is 0.141 e. The third kappa shape index (κ3) is 1.90. The number of carbonyl (C=O) groups excluding carboxylic acids is 1. The molecule has 16 heavy (non-hydrogen) atoms. The molecule has 0 aliphatic heterocycles. The van der Waals surface area contributed by atoms with Gasteiger partial charge in [-0.15, -0.1) is 0 Å². The maximum absolute atomic E-state index is 12.0. The summed E-state index contributed by atoms with van der Waals surface area (Å²) in [6.45, 7) is 3.80. The zero-order chi connectivity index (χ0) is 11.7. The number of ketones is 1. The van der Waals surface area contributed by atoms with Gasteiger partial charge in [-0.2, -0.15) is 0 Å². The molecule has 1 aliphatic rings. The van der Waals surface area contributed by atoms with Gasteiger partial charge in [0.15, 0.2) is 0 Å². The third-order valence-corrected chi connectivity index (χ3v) is 3.80. The molecule has 1 aromatic rings. The Kier molecular flexibility index (Phi) is 3.10. The van der Waals surface area contributed by atoms with Crippen molar-refractivity contribution < 1.29 is 9.90 Å². The lowest BCUT2D eigenvalue weighted by Crippen LogP contribution is -2.39. The molecule has 1 N–H and O–H groups in total. The van der Waals surface area contributed by atoms with Crippen molar-refractivity contribution in [1.82, 2.24) is 0 Å². The van der Waals surface area contributed by atoms with Crippen molar-refractivity contribution in [3.05, 3.63) is 35.9 Å². The molecule has 1 aliphatic carbocycles. The smallest absolute Gasteiger partial charge is 0.141 e. The van der Waals surface area contributed by atoms with Crippen molar-refractivity contribution in [2.75, 3.05) is 0 Å². The number of aliphatic hydroxyl groups excluding tert-OH is 1. The molecule has 0 bridgehead atoms. The van der Waals surface area contributed by atoms with Crippen LogP contribution >= 0.6 is 0 Å². The summed E-state index contributed by atoms with van der Waals surface area (Å²) in [7, 11) is 0. The fourth-order valence-corrected chi connectivity index (χ4v) is 2.60. The van der Waals surface area contributed by atoms with Crippen LogP contribution in [0.2, 0.25) is 0 Å². The molecule has 4 atom stereocenters. The molecule has 2 rings (SSSR count). The van der Waals surface area contributed by atoms with E-state index in [1.54, 1.807) is 0 Å². The molecular formula is C14H18O2. The first kappa shape index (κ1) is 11.3. The minimum atomic E-state index is -0.492. The van der Waals surface area contributed by atoms with Crippen molar-refractivity contribution in [2.45, 2.75) is 32.3 Å². The number of aliphatic hydroxyl groups is 1. The average Bonchev–Trinajstić information content (AvgIpc) is 2.32. The summed E-state index contributed by atoms with van der Waals surface area (Å²) in [5.74, 6) is 0.156. The summed E-state index contributed by atoms with van der Waals surface area (Å²) in [6, 6.07) is 10.0. The van der Waals surface area contributed by atoms with Gasteiger partial charge in [0, 0.05) is 11.8 Å². The highest BCUT2D eigenvalue weighted by atomic mass is 16.3. The Morgan fingerprint density at radius 3 is 2.38 bits per heavy atom. The predicted molar refractivity (Wildman–Crippen MR) is 63.1 cm³/mol. The van der Waals surface area contributed by atoms with Crippen LogP contribution in [0.1, 0.15) is 31.7 Å². The quantitative estimate of drug-likeness (QED) is 0.785. The zero-order valence-electron chi connectivity index (χ0n) is 9.76. The fourth-order valence-electron chi connectivity index (χ4n) is 2.60. The highest BCUT2D eigenvalue weighted by molar-refractivity contribution is 5.85. The summed E-state index contributed by atoms with van der Waals surface area (Å²) < 4.78 is 0. The van der Waals surface area contributed by atoms with Gasteiger partial charge in [-0.05, 0) is 17.9 Å². The lowest BCUT2D eigenvalue weighted by Gasteiger charge is -2.35. The van der Waals surface area contributed by atoms with Crippen LogP contribution in [0.15, 0.2) is 30.3 Å². The normalized spacial score (nSPS) is 35.1. The highest BCUT2D eigenvalue weighted by Crippen LogP contribution is 2.37.